The Morgan fingerprint density at radius 2 is 1.82 bits per heavy atom. The van der Waals surface area contributed by atoms with Gasteiger partial charge in [0.05, 0.1) is 24.9 Å². The van der Waals surface area contributed by atoms with Gasteiger partial charge in [-0.15, -0.1) is 0 Å². The first-order chi connectivity index (χ1) is 16.6. The van der Waals surface area contributed by atoms with Crippen LogP contribution in [-0.4, -0.2) is 47.5 Å². The summed E-state index contributed by atoms with van der Waals surface area (Å²) in [6, 6.07) is 13.4. The highest BCUT2D eigenvalue weighted by molar-refractivity contribution is 5.94. The lowest BCUT2D eigenvalue weighted by Crippen LogP contribution is -2.37. The molecule has 176 valence electrons. The van der Waals surface area contributed by atoms with Crippen molar-refractivity contribution in [1.82, 2.24) is 14.9 Å². The van der Waals surface area contributed by atoms with Gasteiger partial charge in [-0.25, -0.2) is 9.37 Å². The van der Waals surface area contributed by atoms with E-state index in [-0.39, 0.29) is 18.2 Å². The third-order valence-electron chi connectivity index (χ3n) is 6.30. The highest BCUT2D eigenvalue weighted by atomic mass is 19.1. The van der Waals surface area contributed by atoms with Crippen LogP contribution >= 0.6 is 0 Å². The predicted molar refractivity (Wildman–Crippen MR) is 126 cm³/mol. The van der Waals surface area contributed by atoms with Gasteiger partial charge in [-0.1, -0.05) is 18.2 Å². The predicted octanol–water partition coefficient (Wildman–Crippen LogP) is 4.61. The number of aromatic nitrogens is 2. The Kier molecular flexibility index (Phi) is 6.29. The van der Waals surface area contributed by atoms with Crippen LogP contribution in [0, 0.1) is 5.82 Å². The quantitative estimate of drug-likeness (QED) is 0.552. The van der Waals surface area contributed by atoms with Gasteiger partial charge in [0.15, 0.2) is 11.6 Å². The van der Waals surface area contributed by atoms with E-state index in [1.54, 1.807) is 54.5 Å². The number of ether oxygens (including phenoxy) is 2. The van der Waals surface area contributed by atoms with E-state index < -0.39 is 5.82 Å². The van der Waals surface area contributed by atoms with Gasteiger partial charge in [0.2, 0.25) is 11.8 Å². The fourth-order valence-corrected chi connectivity index (χ4v) is 4.43. The number of piperidine rings is 1. The maximum Gasteiger partial charge on any atom is 0.254 e. The zero-order valence-electron chi connectivity index (χ0n) is 19.2. The number of rotatable bonds is 5. The van der Waals surface area contributed by atoms with Crippen molar-refractivity contribution >= 4 is 11.9 Å². The lowest BCUT2D eigenvalue weighted by molar-refractivity contribution is 0.0731. The van der Waals surface area contributed by atoms with Crippen molar-refractivity contribution < 1.29 is 18.7 Å². The minimum absolute atomic E-state index is 0.101. The summed E-state index contributed by atoms with van der Waals surface area (Å²) < 4.78 is 25.7. The number of amides is 1. The zero-order chi connectivity index (χ0) is 23.5. The normalized spacial score (nSPS) is 15.6. The van der Waals surface area contributed by atoms with Gasteiger partial charge in [0.1, 0.15) is 5.75 Å². The van der Waals surface area contributed by atoms with E-state index in [4.69, 9.17) is 19.4 Å². The second-order valence-corrected chi connectivity index (χ2v) is 8.54. The van der Waals surface area contributed by atoms with E-state index in [1.165, 1.54) is 12.5 Å². The highest BCUT2D eigenvalue weighted by Gasteiger charge is 2.29. The third kappa shape index (κ3) is 4.53. The van der Waals surface area contributed by atoms with Gasteiger partial charge in [-0.3, -0.25) is 4.79 Å². The Bertz CT molecular complexity index is 1200. The molecule has 1 fully saturated rings. The second kappa shape index (κ2) is 9.67. The summed E-state index contributed by atoms with van der Waals surface area (Å²) in [5.74, 6) is 1.07. The number of para-hydroxylation sites is 1. The van der Waals surface area contributed by atoms with Gasteiger partial charge < -0.3 is 19.3 Å². The molecule has 0 bridgehead atoms. The fourth-order valence-electron chi connectivity index (χ4n) is 4.43. The van der Waals surface area contributed by atoms with Crippen LogP contribution in [0.3, 0.4) is 0 Å². The summed E-state index contributed by atoms with van der Waals surface area (Å²) in [7, 11) is 1.57. The van der Waals surface area contributed by atoms with Crippen molar-refractivity contribution in [2.24, 2.45) is 0 Å². The van der Waals surface area contributed by atoms with E-state index >= 15 is 0 Å². The Morgan fingerprint density at radius 3 is 2.62 bits per heavy atom. The number of fused-ring (bicyclic) bond motifs is 1. The molecular weight excluding hydrogens is 435 g/mol. The van der Waals surface area contributed by atoms with Crippen molar-refractivity contribution in [3.63, 3.8) is 0 Å². The topological polar surface area (TPSA) is 67.8 Å². The molecule has 2 aromatic carbocycles. The number of anilines is 1. The number of hydrogen-bond acceptors (Lipinski definition) is 6. The number of carbonyl (C=O) groups is 1. The molecule has 0 radical (unpaired) electrons. The van der Waals surface area contributed by atoms with Crippen LogP contribution in [0.25, 0.3) is 0 Å². The van der Waals surface area contributed by atoms with E-state index in [0.29, 0.717) is 41.7 Å². The molecule has 2 aliphatic rings. The lowest BCUT2D eigenvalue weighted by Gasteiger charge is -2.32. The van der Waals surface area contributed by atoms with Crippen LogP contribution in [0.1, 0.15) is 40.9 Å². The molecule has 0 unspecified atom stereocenters. The molecule has 0 atom stereocenters. The molecule has 1 amide bonds. The molecule has 8 heteroatoms. The summed E-state index contributed by atoms with van der Waals surface area (Å²) in [5, 5.41) is 0. The van der Waals surface area contributed by atoms with Gasteiger partial charge >= 0.3 is 0 Å². The number of hydrogen-bond donors (Lipinski definition) is 0. The minimum atomic E-state index is -0.463. The Morgan fingerprint density at radius 1 is 1.00 bits per heavy atom. The van der Waals surface area contributed by atoms with Crippen molar-refractivity contribution in [2.45, 2.75) is 32.2 Å². The van der Waals surface area contributed by atoms with Crippen molar-refractivity contribution in [3.8, 4) is 17.4 Å². The number of methoxy groups -OCH3 is 1. The van der Waals surface area contributed by atoms with Gasteiger partial charge in [0.25, 0.3) is 5.91 Å². The molecule has 5 rings (SSSR count). The van der Waals surface area contributed by atoms with Crippen LogP contribution in [0.2, 0.25) is 0 Å². The lowest BCUT2D eigenvalue weighted by atomic mass is 10.0. The summed E-state index contributed by atoms with van der Waals surface area (Å²) in [6.07, 6.45) is 3.95. The second-order valence-electron chi connectivity index (χ2n) is 8.54. The fraction of sp³-hybridized carbons (Fsp3) is 0.346. The van der Waals surface area contributed by atoms with E-state index in [0.717, 1.165) is 31.6 Å². The largest absolute Gasteiger partial charge is 0.497 e. The Balaban J connectivity index is 1.48. The monoisotopic (exact) mass is 462 g/mol. The zero-order valence-corrected chi connectivity index (χ0v) is 19.2. The summed E-state index contributed by atoms with van der Waals surface area (Å²) in [4.78, 5) is 26.7. The SMILES string of the molecule is COc1cccc(C(=O)N2CCc3nc(N4CCCCC4)nc(Oc4ccccc4F)c3C2)c1. The molecule has 0 aliphatic carbocycles. The molecule has 34 heavy (non-hydrogen) atoms. The molecule has 7 nitrogen and oxygen atoms in total. The first-order valence-electron chi connectivity index (χ1n) is 11.6. The molecule has 1 saturated heterocycles. The Labute approximate surface area is 198 Å². The van der Waals surface area contributed by atoms with Crippen molar-refractivity contribution in [2.75, 3.05) is 31.6 Å². The summed E-state index contributed by atoms with van der Waals surface area (Å²) in [6.45, 7) is 2.59. The third-order valence-corrected chi connectivity index (χ3v) is 6.30. The van der Waals surface area contributed by atoms with E-state index in [9.17, 15) is 9.18 Å². The average Bonchev–Trinajstić information content (AvgIpc) is 2.89. The molecule has 3 heterocycles. The van der Waals surface area contributed by atoms with E-state index in [2.05, 4.69) is 4.90 Å². The van der Waals surface area contributed by atoms with Crippen molar-refractivity contribution in [1.29, 1.82) is 0 Å². The van der Waals surface area contributed by atoms with Crippen LogP contribution < -0.4 is 14.4 Å². The van der Waals surface area contributed by atoms with Crippen LogP contribution in [0.15, 0.2) is 48.5 Å². The Hall–Kier alpha value is -3.68. The average molecular weight is 463 g/mol. The summed E-state index contributed by atoms with van der Waals surface area (Å²) in [5.41, 5.74) is 2.10. The molecule has 0 N–H and O–H groups in total. The molecule has 3 aromatic rings. The van der Waals surface area contributed by atoms with Gasteiger partial charge in [0, 0.05) is 31.6 Å². The molecule has 0 saturated carbocycles. The molecule has 2 aliphatic heterocycles. The van der Waals surface area contributed by atoms with Crippen molar-refractivity contribution in [3.05, 3.63) is 71.2 Å². The maximum absolute atomic E-state index is 14.4. The number of benzene rings is 2. The maximum atomic E-state index is 14.4. The highest BCUT2D eigenvalue weighted by Crippen LogP contribution is 2.33. The molecular formula is C26H27FN4O3. The van der Waals surface area contributed by atoms with Gasteiger partial charge in [-0.2, -0.15) is 4.98 Å². The molecule has 1 aromatic heterocycles. The van der Waals surface area contributed by atoms with Crippen LogP contribution in [-0.2, 0) is 13.0 Å². The number of nitrogens with zero attached hydrogens (tertiary/aromatic N) is 4. The summed E-state index contributed by atoms with van der Waals surface area (Å²) >= 11 is 0. The van der Waals surface area contributed by atoms with E-state index in [1.807, 2.05) is 0 Å². The van der Waals surface area contributed by atoms with Crippen LogP contribution in [0.5, 0.6) is 17.4 Å². The standard InChI is InChI=1S/C26H27FN4O3/c1-33-19-9-7-8-18(16-19)25(32)31-15-12-22-20(17-31)24(34-23-11-4-3-10-21(23)27)29-26(28-22)30-13-5-2-6-14-30/h3-4,7-11,16H,2,5-6,12-15,17H2,1H3. The molecule has 0 spiro atoms. The first-order valence-corrected chi connectivity index (χ1v) is 11.6. The van der Waals surface area contributed by atoms with Crippen LogP contribution in [0.4, 0.5) is 10.3 Å². The first kappa shape index (κ1) is 22.1. The van der Waals surface area contributed by atoms with Gasteiger partial charge in [-0.05, 0) is 49.6 Å². The number of halogens is 1. The number of carbonyl (C=O) groups excluding carboxylic acids is 1. The smallest absolute Gasteiger partial charge is 0.254 e. The minimum Gasteiger partial charge on any atom is -0.497 e.